The Labute approximate surface area is 179 Å². The van der Waals surface area contributed by atoms with Crippen molar-refractivity contribution in [2.75, 3.05) is 13.2 Å². The highest BCUT2D eigenvalue weighted by molar-refractivity contribution is 7.89. The van der Waals surface area contributed by atoms with Crippen molar-refractivity contribution < 1.29 is 26.7 Å². The van der Waals surface area contributed by atoms with Crippen LogP contribution in [-0.4, -0.2) is 36.4 Å². The first-order valence-corrected chi connectivity index (χ1v) is 11.5. The van der Waals surface area contributed by atoms with Gasteiger partial charge in [-0.1, -0.05) is 0 Å². The molecule has 2 aromatic carbocycles. The summed E-state index contributed by atoms with van der Waals surface area (Å²) in [5.41, 5.74) is 2.35. The summed E-state index contributed by atoms with van der Waals surface area (Å²) in [5.74, 6) is -1.26. The van der Waals surface area contributed by atoms with Gasteiger partial charge in [0, 0.05) is 42.7 Å². The van der Waals surface area contributed by atoms with Gasteiger partial charge in [0.2, 0.25) is 10.0 Å². The van der Waals surface area contributed by atoms with Crippen LogP contribution in [0.15, 0.2) is 47.4 Å². The smallest absolute Gasteiger partial charge is 0.307 e. The Bertz CT molecular complexity index is 1240. The molecule has 0 aliphatic carbocycles. The highest BCUT2D eigenvalue weighted by Gasteiger charge is 2.32. The van der Waals surface area contributed by atoms with Crippen LogP contribution in [0.25, 0.3) is 10.9 Å². The van der Waals surface area contributed by atoms with Crippen molar-refractivity contribution in [1.82, 2.24) is 8.87 Å². The second kappa shape index (κ2) is 8.39. The summed E-state index contributed by atoms with van der Waals surface area (Å²) in [6.45, 7) is 2.70. The van der Waals surface area contributed by atoms with Crippen LogP contribution in [0.3, 0.4) is 0 Å². The maximum absolute atomic E-state index is 14.0. The predicted molar refractivity (Wildman–Crippen MR) is 111 cm³/mol. The molecular formula is C22H22F2N2O4S. The number of fused-ring (bicyclic) bond motifs is 3. The summed E-state index contributed by atoms with van der Waals surface area (Å²) in [4.78, 5) is 11.9. The number of hydrogen-bond donors (Lipinski definition) is 0. The molecule has 1 aliphatic rings. The molecule has 0 unspecified atom stereocenters. The first-order chi connectivity index (χ1) is 14.8. The van der Waals surface area contributed by atoms with Crippen LogP contribution in [0, 0.1) is 11.6 Å². The number of esters is 1. The van der Waals surface area contributed by atoms with Crippen LogP contribution in [0.5, 0.6) is 0 Å². The van der Waals surface area contributed by atoms with E-state index in [2.05, 4.69) is 0 Å². The van der Waals surface area contributed by atoms with Crippen molar-refractivity contribution in [3.63, 3.8) is 0 Å². The highest BCUT2D eigenvalue weighted by atomic mass is 32.2. The van der Waals surface area contributed by atoms with Crippen molar-refractivity contribution in [2.45, 2.75) is 37.8 Å². The maximum atomic E-state index is 14.0. The molecule has 0 bridgehead atoms. The average Bonchev–Trinajstić information content (AvgIpc) is 3.05. The summed E-state index contributed by atoms with van der Waals surface area (Å²) < 4.78 is 61.7. The fraction of sp³-hybridized carbons (Fsp3) is 0.318. The van der Waals surface area contributed by atoms with Gasteiger partial charge in [-0.25, -0.2) is 17.2 Å². The Morgan fingerprint density at radius 1 is 1.10 bits per heavy atom. The highest BCUT2D eigenvalue weighted by Crippen LogP contribution is 2.34. The Hall–Kier alpha value is -2.78. The Kier molecular flexibility index (Phi) is 5.81. The molecule has 0 amide bonds. The average molecular weight is 448 g/mol. The SMILES string of the molecule is CCOC(=O)CCn1c2c(c3cc(F)ccc31)CN(S(=O)(=O)c1ccc(F)cc1)CC2. The lowest BCUT2D eigenvalue weighted by molar-refractivity contribution is -0.143. The third-order valence-corrected chi connectivity index (χ3v) is 7.34. The van der Waals surface area contributed by atoms with Crippen LogP contribution in [0.4, 0.5) is 8.78 Å². The lowest BCUT2D eigenvalue weighted by atomic mass is 10.1. The largest absolute Gasteiger partial charge is 0.466 e. The first kappa shape index (κ1) is 21.5. The van der Waals surface area contributed by atoms with Gasteiger partial charge in [0.05, 0.1) is 17.9 Å². The van der Waals surface area contributed by atoms with Gasteiger partial charge in [0.15, 0.2) is 0 Å². The van der Waals surface area contributed by atoms with Crippen molar-refractivity contribution in [1.29, 1.82) is 0 Å². The molecule has 2 heterocycles. The van der Waals surface area contributed by atoms with Crippen molar-refractivity contribution >= 4 is 26.9 Å². The molecule has 1 aromatic heterocycles. The van der Waals surface area contributed by atoms with Crippen LogP contribution in [0.1, 0.15) is 24.6 Å². The zero-order valence-electron chi connectivity index (χ0n) is 17.0. The Balaban J connectivity index is 1.71. The van der Waals surface area contributed by atoms with Crippen LogP contribution >= 0.6 is 0 Å². The van der Waals surface area contributed by atoms with Gasteiger partial charge in [-0.2, -0.15) is 4.31 Å². The van der Waals surface area contributed by atoms with Gasteiger partial charge in [-0.3, -0.25) is 4.79 Å². The van der Waals surface area contributed by atoms with Gasteiger partial charge in [0.25, 0.3) is 0 Å². The van der Waals surface area contributed by atoms with Crippen molar-refractivity contribution in [3.8, 4) is 0 Å². The quantitative estimate of drug-likeness (QED) is 0.540. The second-order valence-electron chi connectivity index (χ2n) is 7.34. The topological polar surface area (TPSA) is 68.6 Å². The number of carbonyl (C=O) groups is 1. The molecule has 4 rings (SSSR count). The number of aromatic nitrogens is 1. The third-order valence-electron chi connectivity index (χ3n) is 5.48. The molecule has 164 valence electrons. The number of halogens is 2. The molecule has 9 heteroatoms. The third kappa shape index (κ3) is 4.07. The lowest BCUT2D eigenvalue weighted by Crippen LogP contribution is -2.36. The molecule has 3 aromatic rings. The van der Waals surface area contributed by atoms with E-state index in [0.29, 0.717) is 25.0 Å². The van der Waals surface area contributed by atoms with E-state index in [9.17, 15) is 22.0 Å². The predicted octanol–water partition coefficient (Wildman–Crippen LogP) is 3.62. The van der Waals surface area contributed by atoms with Gasteiger partial charge in [0.1, 0.15) is 11.6 Å². The summed E-state index contributed by atoms with van der Waals surface area (Å²) in [5, 5.41) is 0.623. The molecule has 0 radical (unpaired) electrons. The molecule has 0 atom stereocenters. The zero-order chi connectivity index (χ0) is 22.2. The number of ether oxygens (including phenoxy) is 1. The number of aryl methyl sites for hydroxylation is 1. The molecular weight excluding hydrogens is 426 g/mol. The number of nitrogens with zero attached hydrogens (tertiary/aromatic N) is 2. The summed E-state index contributed by atoms with van der Waals surface area (Å²) >= 11 is 0. The summed E-state index contributed by atoms with van der Waals surface area (Å²) in [7, 11) is -3.83. The van der Waals surface area contributed by atoms with E-state index in [0.717, 1.165) is 28.9 Å². The Morgan fingerprint density at radius 3 is 2.52 bits per heavy atom. The van der Waals surface area contributed by atoms with Gasteiger partial charge >= 0.3 is 5.97 Å². The second-order valence-corrected chi connectivity index (χ2v) is 9.27. The van der Waals surface area contributed by atoms with Crippen LogP contribution < -0.4 is 0 Å². The minimum Gasteiger partial charge on any atom is -0.466 e. The molecule has 0 fully saturated rings. The van der Waals surface area contributed by atoms with E-state index in [1.807, 2.05) is 4.57 Å². The van der Waals surface area contributed by atoms with E-state index >= 15 is 0 Å². The molecule has 31 heavy (non-hydrogen) atoms. The van der Waals surface area contributed by atoms with Crippen LogP contribution in [-0.2, 0) is 39.1 Å². The molecule has 0 saturated heterocycles. The normalized spacial score (nSPS) is 14.5. The summed E-state index contributed by atoms with van der Waals surface area (Å²) in [6, 6.07) is 9.08. The first-order valence-electron chi connectivity index (χ1n) is 10.0. The molecule has 0 saturated carbocycles. The fourth-order valence-corrected chi connectivity index (χ4v) is 5.46. The van der Waals surface area contributed by atoms with Gasteiger partial charge in [-0.05, 0) is 55.0 Å². The van der Waals surface area contributed by atoms with Crippen LogP contribution in [0.2, 0.25) is 0 Å². The van der Waals surface area contributed by atoms with Crippen molar-refractivity contribution in [2.24, 2.45) is 0 Å². The van der Waals surface area contributed by atoms with E-state index in [1.54, 1.807) is 13.0 Å². The number of rotatable bonds is 6. The zero-order valence-corrected chi connectivity index (χ0v) is 17.8. The van der Waals surface area contributed by atoms with E-state index in [-0.39, 0.29) is 30.4 Å². The summed E-state index contributed by atoms with van der Waals surface area (Å²) in [6.07, 6.45) is 0.577. The fourth-order valence-electron chi connectivity index (χ4n) is 4.05. The maximum Gasteiger partial charge on any atom is 0.307 e. The molecule has 6 nitrogen and oxygen atoms in total. The van der Waals surface area contributed by atoms with E-state index in [4.69, 9.17) is 4.74 Å². The minimum absolute atomic E-state index is 0.00887. The molecule has 0 spiro atoms. The van der Waals surface area contributed by atoms with Gasteiger partial charge < -0.3 is 9.30 Å². The lowest BCUT2D eigenvalue weighted by Gasteiger charge is -2.27. The monoisotopic (exact) mass is 448 g/mol. The standard InChI is InChI=1S/C22H22F2N2O4S/c1-2-30-22(27)10-12-26-20-8-5-16(24)13-18(20)19-14-25(11-9-21(19)26)31(28,29)17-6-3-15(23)4-7-17/h3-8,13H,2,9-12,14H2,1H3. The van der Waals surface area contributed by atoms with E-state index < -0.39 is 21.7 Å². The van der Waals surface area contributed by atoms with Crippen molar-refractivity contribution in [3.05, 3.63) is 65.4 Å². The van der Waals surface area contributed by atoms with Gasteiger partial charge in [-0.15, -0.1) is 0 Å². The number of hydrogen-bond acceptors (Lipinski definition) is 4. The number of benzene rings is 2. The molecule has 0 N–H and O–H groups in total. The molecule has 1 aliphatic heterocycles. The van der Waals surface area contributed by atoms with E-state index in [1.165, 1.54) is 28.6 Å². The number of carbonyl (C=O) groups excluding carboxylic acids is 1. The minimum atomic E-state index is -3.83. The Morgan fingerprint density at radius 2 is 1.81 bits per heavy atom. The number of sulfonamides is 1.